The van der Waals surface area contributed by atoms with Crippen molar-refractivity contribution in [2.24, 2.45) is 7.05 Å². The molecule has 5 rings (SSSR count). The minimum Gasteiger partial charge on any atom is -0.468 e. The number of hydrogen-bond donors (Lipinski definition) is 0. The molecule has 0 N–H and O–H groups in total. The largest absolute Gasteiger partial charge is 0.468 e. The van der Waals surface area contributed by atoms with Gasteiger partial charge in [-0.25, -0.2) is 4.98 Å². The van der Waals surface area contributed by atoms with Crippen molar-refractivity contribution in [2.45, 2.75) is 38.2 Å². The van der Waals surface area contributed by atoms with E-state index in [1.165, 1.54) is 12.7 Å². The average Bonchev–Trinajstić information content (AvgIpc) is 3.30. The summed E-state index contributed by atoms with van der Waals surface area (Å²) in [5.41, 5.74) is 2.83. The topological polar surface area (TPSA) is 83.0 Å². The SMILES string of the molecule is Cn1ncnc1COc1nn2c(-c3ccccc3)nnc2cc1C1(C)CCC1. The molecule has 1 saturated carbocycles. The van der Waals surface area contributed by atoms with Crippen molar-refractivity contribution in [3.8, 4) is 17.3 Å². The van der Waals surface area contributed by atoms with Gasteiger partial charge >= 0.3 is 0 Å². The fourth-order valence-corrected chi connectivity index (χ4v) is 3.68. The zero-order valence-electron chi connectivity index (χ0n) is 15.9. The van der Waals surface area contributed by atoms with E-state index in [-0.39, 0.29) is 5.41 Å². The van der Waals surface area contributed by atoms with Crippen LogP contribution in [0.5, 0.6) is 5.88 Å². The minimum atomic E-state index is 0.0584. The van der Waals surface area contributed by atoms with Crippen LogP contribution in [0, 0.1) is 0 Å². The third-order valence-electron chi connectivity index (χ3n) is 5.64. The standard InChI is InChI=1S/C20H21N7O/c1-20(9-6-10-20)15-11-16-23-24-18(14-7-4-3-5-8-14)27(16)25-19(15)28-12-17-21-13-22-26(17)2/h3-5,7-8,11,13H,6,9-10,12H2,1-2H3. The van der Waals surface area contributed by atoms with Crippen molar-refractivity contribution in [2.75, 3.05) is 0 Å². The third kappa shape index (κ3) is 2.72. The summed E-state index contributed by atoms with van der Waals surface area (Å²) in [7, 11) is 1.85. The van der Waals surface area contributed by atoms with E-state index >= 15 is 0 Å². The summed E-state index contributed by atoms with van der Waals surface area (Å²) >= 11 is 0. The first kappa shape index (κ1) is 16.9. The fraction of sp³-hybridized carbons (Fsp3) is 0.350. The highest BCUT2D eigenvalue weighted by Gasteiger charge is 2.37. The van der Waals surface area contributed by atoms with Crippen molar-refractivity contribution in [3.05, 3.63) is 54.1 Å². The number of aromatic nitrogens is 7. The number of aryl methyl sites for hydroxylation is 1. The molecule has 1 aliphatic rings. The maximum atomic E-state index is 6.14. The van der Waals surface area contributed by atoms with E-state index in [0.29, 0.717) is 18.3 Å². The smallest absolute Gasteiger partial charge is 0.236 e. The van der Waals surface area contributed by atoms with Crippen LogP contribution in [0.4, 0.5) is 0 Å². The Hall–Kier alpha value is -3.29. The van der Waals surface area contributed by atoms with E-state index in [2.05, 4.69) is 33.3 Å². The van der Waals surface area contributed by atoms with Crippen molar-refractivity contribution in [1.29, 1.82) is 0 Å². The Balaban J connectivity index is 1.60. The first-order valence-electron chi connectivity index (χ1n) is 9.42. The number of benzene rings is 1. The van der Waals surface area contributed by atoms with Gasteiger partial charge in [0.25, 0.3) is 0 Å². The molecule has 0 aliphatic heterocycles. The van der Waals surface area contributed by atoms with Gasteiger partial charge in [0, 0.05) is 18.2 Å². The van der Waals surface area contributed by atoms with Crippen molar-refractivity contribution < 1.29 is 4.74 Å². The molecule has 28 heavy (non-hydrogen) atoms. The molecule has 8 heteroatoms. The highest BCUT2D eigenvalue weighted by Crippen LogP contribution is 2.46. The zero-order chi connectivity index (χ0) is 19.1. The number of ether oxygens (including phenoxy) is 1. The van der Waals surface area contributed by atoms with Crippen LogP contribution in [0.15, 0.2) is 42.7 Å². The van der Waals surface area contributed by atoms with Crippen molar-refractivity contribution in [3.63, 3.8) is 0 Å². The average molecular weight is 375 g/mol. The maximum Gasteiger partial charge on any atom is 0.236 e. The molecule has 1 aromatic carbocycles. The summed E-state index contributed by atoms with van der Waals surface area (Å²) in [6, 6.07) is 12.0. The van der Waals surface area contributed by atoms with Gasteiger partial charge in [-0.05, 0) is 24.3 Å². The van der Waals surface area contributed by atoms with Gasteiger partial charge in [-0.15, -0.1) is 15.3 Å². The van der Waals surface area contributed by atoms with Crippen LogP contribution in [-0.2, 0) is 19.1 Å². The Morgan fingerprint density at radius 3 is 2.64 bits per heavy atom. The Kier molecular flexibility index (Phi) is 3.85. The lowest BCUT2D eigenvalue weighted by atomic mass is 9.66. The first-order chi connectivity index (χ1) is 13.6. The molecule has 0 unspecified atom stereocenters. The molecule has 0 radical (unpaired) electrons. The first-order valence-corrected chi connectivity index (χ1v) is 9.42. The van der Waals surface area contributed by atoms with Gasteiger partial charge in [0.05, 0.1) is 0 Å². The molecule has 0 amide bonds. The summed E-state index contributed by atoms with van der Waals surface area (Å²) in [6.45, 7) is 2.56. The van der Waals surface area contributed by atoms with Gasteiger partial charge in [0.2, 0.25) is 5.88 Å². The number of fused-ring (bicyclic) bond motifs is 1. The van der Waals surface area contributed by atoms with Gasteiger partial charge in [-0.2, -0.15) is 9.61 Å². The molecular formula is C20H21N7O. The van der Waals surface area contributed by atoms with Crippen LogP contribution in [0.25, 0.3) is 17.0 Å². The second-order valence-corrected chi connectivity index (χ2v) is 7.53. The molecule has 0 saturated heterocycles. The second kappa shape index (κ2) is 6.40. The second-order valence-electron chi connectivity index (χ2n) is 7.53. The van der Waals surface area contributed by atoms with E-state index < -0.39 is 0 Å². The van der Waals surface area contributed by atoms with E-state index in [1.807, 2.05) is 37.4 Å². The number of rotatable bonds is 5. The van der Waals surface area contributed by atoms with Crippen LogP contribution in [0.3, 0.4) is 0 Å². The van der Waals surface area contributed by atoms with Crippen LogP contribution in [0.2, 0.25) is 0 Å². The summed E-state index contributed by atoms with van der Waals surface area (Å²) in [4.78, 5) is 4.24. The molecule has 1 aliphatic carbocycles. The molecule has 0 atom stereocenters. The fourth-order valence-electron chi connectivity index (χ4n) is 3.68. The normalized spacial score (nSPS) is 15.5. The van der Waals surface area contributed by atoms with Gasteiger partial charge in [0.15, 0.2) is 17.3 Å². The summed E-state index contributed by atoms with van der Waals surface area (Å²) in [5, 5.41) is 17.6. The third-order valence-corrected chi connectivity index (χ3v) is 5.64. The van der Waals surface area contributed by atoms with Gasteiger partial charge in [-0.3, -0.25) is 4.68 Å². The maximum absolute atomic E-state index is 6.14. The quantitative estimate of drug-likeness (QED) is 0.533. The molecule has 8 nitrogen and oxygen atoms in total. The van der Waals surface area contributed by atoms with E-state index in [0.717, 1.165) is 35.4 Å². The van der Waals surface area contributed by atoms with Crippen LogP contribution >= 0.6 is 0 Å². The molecular weight excluding hydrogens is 354 g/mol. The molecule has 0 spiro atoms. The monoisotopic (exact) mass is 375 g/mol. The summed E-state index contributed by atoms with van der Waals surface area (Å²) in [6.07, 6.45) is 4.97. The Bertz CT molecular complexity index is 1130. The predicted octanol–water partition coefficient (Wildman–Crippen LogP) is 2.94. The van der Waals surface area contributed by atoms with Gasteiger partial charge in [0.1, 0.15) is 12.9 Å². The van der Waals surface area contributed by atoms with Gasteiger partial charge < -0.3 is 4.74 Å². The highest BCUT2D eigenvalue weighted by molar-refractivity contribution is 5.60. The summed E-state index contributed by atoms with van der Waals surface area (Å²) in [5.74, 6) is 2.05. The van der Waals surface area contributed by atoms with Crippen molar-refractivity contribution in [1.82, 2.24) is 34.6 Å². The lowest BCUT2D eigenvalue weighted by molar-refractivity contribution is 0.231. The minimum absolute atomic E-state index is 0.0584. The molecule has 0 bridgehead atoms. The van der Waals surface area contributed by atoms with Crippen LogP contribution in [-0.4, -0.2) is 34.6 Å². The zero-order valence-corrected chi connectivity index (χ0v) is 15.9. The summed E-state index contributed by atoms with van der Waals surface area (Å²) < 4.78 is 9.60. The van der Waals surface area contributed by atoms with E-state index in [1.54, 1.807) is 9.20 Å². The number of hydrogen-bond acceptors (Lipinski definition) is 6. The van der Waals surface area contributed by atoms with Gasteiger partial charge in [-0.1, -0.05) is 43.7 Å². The molecule has 3 heterocycles. The Morgan fingerprint density at radius 2 is 1.96 bits per heavy atom. The lowest BCUT2D eigenvalue weighted by Gasteiger charge is -2.39. The molecule has 142 valence electrons. The van der Waals surface area contributed by atoms with Crippen LogP contribution in [0.1, 0.15) is 37.6 Å². The molecule has 3 aromatic heterocycles. The van der Waals surface area contributed by atoms with E-state index in [4.69, 9.17) is 9.84 Å². The Labute approximate surface area is 162 Å². The number of nitrogens with zero attached hydrogens (tertiary/aromatic N) is 7. The molecule has 1 fully saturated rings. The molecule has 4 aromatic rings. The van der Waals surface area contributed by atoms with Crippen LogP contribution < -0.4 is 4.74 Å². The lowest BCUT2D eigenvalue weighted by Crippen LogP contribution is -2.31. The predicted molar refractivity (Wildman–Crippen MR) is 103 cm³/mol. The van der Waals surface area contributed by atoms with Crippen molar-refractivity contribution >= 4 is 5.65 Å². The van der Waals surface area contributed by atoms with E-state index in [9.17, 15) is 0 Å². The highest BCUT2D eigenvalue weighted by atomic mass is 16.5. The Morgan fingerprint density at radius 1 is 1.14 bits per heavy atom.